The molecule has 0 saturated carbocycles. The van der Waals surface area contributed by atoms with Crippen molar-refractivity contribution in [1.29, 1.82) is 0 Å². The van der Waals surface area contributed by atoms with E-state index in [0.717, 1.165) is 0 Å². The van der Waals surface area contributed by atoms with Crippen LogP contribution in [-0.4, -0.2) is 30.5 Å². The van der Waals surface area contributed by atoms with Gasteiger partial charge >= 0.3 is 0 Å². The van der Waals surface area contributed by atoms with Crippen molar-refractivity contribution >= 4 is 35.1 Å². The second-order valence-electron chi connectivity index (χ2n) is 6.31. The number of carbonyl (C=O) groups is 1. The van der Waals surface area contributed by atoms with Crippen molar-refractivity contribution in [2.45, 2.75) is 39.8 Å². The topological polar surface area (TPSA) is 77.6 Å². The molecule has 1 N–H and O–H groups in total. The van der Waals surface area contributed by atoms with E-state index < -0.39 is 11.9 Å². The van der Waals surface area contributed by atoms with Crippen LogP contribution in [0.15, 0.2) is 24.5 Å². The SMILES string of the molecule is CCC(C(=O)Nc1ncn(Cc2c(F)cccc2Cl)n1)n1nc(C)c(Cl)c1C. The van der Waals surface area contributed by atoms with Crippen LogP contribution in [0.1, 0.15) is 36.3 Å². The zero-order chi connectivity index (χ0) is 20.4. The number of anilines is 1. The molecular formula is C18H19Cl2FN6O. The number of nitrogens with one attached hydrogen (secondary N) is 1. The van der Waals surface area contributed by atoms with Crippen LogP contribution >= 0.6 is 23.2 Å². The Morgan fingerprint density at radius 1 is 1.29 bits per heavy atom. The van der Waals surface area contributed by atoms with Crippen molar-refractivity contribution < 1.29 is 9.18 Å². The minimum Gasteiger partial charge on any atom is -0.291 e. The number of nitrogens with zero attached hydrogens (tertiary/aromatic N) is 5. The maximum atomic E-state index is 13.9. The Labute approximate surface area is 171 Å². The van der Waals surface area contributed by atoms with Gasteiger partial charge in [-0.05, 0) is 32.4 Å². The highest BCUT2D eigenvalue weighted by Gasteiger charge is 2.24. The van der Waals surface area contributed by atoms with Gasteiger partial charge < -0.3 is 0 Å². The van der Waals surface area contributed by atoms with Gasteiger partial charge in [-0.1, -0.05) is 36.2 Å². The smallest absolute Gasteiger partial charge is 0.251 e. The van der Waals surface area contributed by atoms with E-state index in [9.17, 15) is 9.18 Å². The molecule has 0 bridgehead atoms. The normalized spacial score (nSPS) is 12.2. The van der Waals surface area contributed by atoms with Crippen LogP contribution in [0.25, 0.3) is 0 Å². The predicted octanol–water partition coefficient (Wildman–Crippen LogP) is 4.18. The van der Waals surface area contributed by atoms with Crippen LogP contribution in [0.3, 0.4) is 0 Å². The van der Waals surface area contributed by atoms with Crippen LogP contribution in [0.4, 0.5) is 10.3 Å². The molecule has 3 aromatic rings. The first-order chi connectivity index (χ1) is 13.3. The van der Waals surface area contributed by atoms with Crippen LogP contribution in [0.2, 0.25) is 10.0 Å². The first kappa shape index (κ1) is 20.3. The first-order valence-electron chi connectivity index (χ1n) is 8.66. The van der Waals surface area contributed by atoms with Crippen molar-refractivity contribution in [3.8, 4) is 0 Å². The Bertz CT molecular complexity index is 995. The maximum absolute atomic E-state index is 13.9. The average molecular weight is 425 g/mol. The van der Waals surface area contributed by atoms with E-state index in [-0.39, 0.29) is 18.4 Å². The van der Waals surface area contributed by atoms with E-state index >= 15 is 0 Å². The lowest BCUT2D eigenvalue weighted by Crippen LogP contribution is -2.27. The third kappa shape index (κ3) is 4.02. The van der Waals surface area contributed by atoms with E-state index in [1.54, 1.807) is 17.7 Å². The summed E-state index contributed by atoms with van der Waals surface area (Å²) in [6.07, 6.45) is 1.91. The lowest BCUT2D eigenvalue weighted by molar-refractivity contribution is -0.119. The van der Waals surface area contributed by atoms with Gasteiger partial charge in [0.05, 0.1) is 23.0 Å². The summed E-state index contributed by atoms with van der Waals surface area (Å²) in [5, 5.41) is 12.0. The Balaban J connectivity index is 1.75. The molecule has 2 aromatic heterocycles. The number of hydrogen-bond acceptors (Lipinski definition) is 4. The summed E-state index contributed by atoms with van der Waals surface area (Å²) >= 11 is 12.2. The Morgan fingerprint density at radius 2 is 2.04 bits per heavy atom. The third-order valence-corrected chi connectivity index (χ3v) is 5.28. The number of aromatic nitrogens is 5. The molecule has 0 aliphatic carbocycles. The molecule has 1 amide bonds. The molecule has 0 radical (unpaired) electrons. The third-order valence-electron chi connectivity index (χ3n) is 4.37. The molecule has 1 unspecified atom stereocenters. The number of hydrogen-bond donors (Lipinski definition) is 1. The molecule has 148 valence electrons. The van der Waals surface area contributed by atoms with Crippen molar-refractivity contribution in [1.82, 2.24) is 24.5 Å². The fourth-order valence-corrected chi connectivity index (χ4v) is 3.23. The molecule has 10 heteroatoms. The van der Waals surface area contributed by atoms with Crippen molar-refractivity contribution in [2.24, 2.45) is 0 Å². The fourth-order valence-electron chi connectivity index (χ4n) is 2.88. The number of carbonyl (C=O) groups excluding carboxylic acids is 1. The molecule has 1 aromatic carbocycles. The molecule has 0 spiro atoms. The summed E-state index contributed by atoms with van der Waals surface area (Å²) in [6, 6.07) is 3.90. The molecule has 1 atom stereocenters. The number of benzene rings is 1. The zero-order valence-corrected chi connectivity index (χ0v) is 17.1. The molecular weight excluding hydrogens is 406 g/mol. The molecule has 3 rings (SSSR count). The maximum Gasteiger partial charge on any atom is 0.251 e. The summed E-state index contributed by atoms with van der Waals surface area (Å²) in [5.74, 6) is -0.629. The Morgan fingerprint density at radius 3 is 2.64 bits per heavy atom. The quantitative estimate of drug-likeness (QED) is 0.643. The Kier molecular flexibility index (Phi) is 6.00. The second kappa shape index (κ2) is 8.28. The standard InChI is InChI=1S/C18H19Cl2FN6O/c1-4-15(27-11(3)16(20)10(2)24-27)17(28)23-18-22-9-26(25-18)8-12-13(19)6-5-7-14(12)21/h5-7,9,15H,4,8H2,1-3H3,(H,23,25,28). The van der Waals surface area contributed by atoms with Gasteiger partial charge in [0.2, 0.25) is 5.95 Å². The van der Waals surface area contributed by atoms with Crippen LogP contribution in [0, 0.1) is 19.7 Å². The number of rotatable bonds is 6. The van der Waals surface area contributed by atoms with Crippen LogP contribution < -0.4 is 5.32 Å². The minimum atomic E-state index is -0.556. The number of amides is 1. The van der Waals surface area contributed by atoms with Gasteiger partial charge in [0.25, 0.3) is 5.91 Å². The fraction of sp³-hybridized carbons (Fsp3) is 0.333. The zero-order valence-electron chi connectivity index (χ0n) is 15.6. The van der Waals surface area contributed by atoms with Crippen molar-refractivity contribution in [3.05, 3.63) is 57.3 Å². The summed E-state index contributed by atoms with van der Waals surface area (Å²) < 4.78 is 16.9. The van der Waals surface area contributed by atoms with Crippen molar-refractivity contribution in [2.75, 3.05) is 5.32 Å². The lowest BCUT2D eigenvalue weighted by Gasteiger charge is -2.16. The molecule has 0 aliphatic heterocycles. The summed E-state index contributed by atoms with van der Waals surface area (Å²) in [6.45, 7) is 5.57. The van der Waals surface area contributed by atoms with Gasteiger partial charge in [0.15, 0.2) is 0 Å². The highest BCUT2D eigenvalue weighted by atomic mass is 35.5. The second-order valence-corrected chi connectivity index (χ2v) is 7.09. The Hall–Kier alpha value is -2.45. The summed E-state index contributed by atoms with van der Waals surface area (Å²) in [5.41, 5.74) is 1.68. The van der Waals surface area contributed by atoms with Gasteiger partial charge in [0.1, 0.15) is 18.2 Å². The van der Waals surface area contributed by atoms with Gasteiger partial charge in [-0.25, -0.2) is 14.1 Å². The van der Waals surface area contributed by atoms with Gasteiger partial charge in [-0.3, -0.25) is 14.8 Å². The first-order valence-corrected chi connectivity index (χ1v) is 9.41. The number of aryl methyl sites for hydroxylation is 1. The molecule has 0 fully saturated rings. The molecule has 7 nitrogen and oxygen atoms in total. The number of halogens is 3. The monoisotopic (exact) mass is 424 g/mol. The summed E-state index contributed by atoms with van der Waals surface area (Å²) in [4.78, 5) is 16.8. The van der Waals surface area contributed by atoms with Crippen molar-refractivity contribution in [3.63, 3.8) is 0 Å². The molecule has 28 heavy (non-hydrogen) atoms. The highest BCUT2D eigenvalue weighted by molar-refractivity contribution is 6.32. The van der Waals surface area contributed by atoms with Gasteiger partial charge in [-0.15, -0.1) is 5.10 Å². The summed E-state index contributed by atoms with van der Waals surface area (Å²) in [7, 11) is 0. The van der Waals surface area contributed by atoms with Gasteiger partial charge in [-0.2, -0.15) is 5.10 Å². The minimum absolute atomic E-state index is 0.0959. The molecule has 2 heterocycles. The van der Waals surface area contributed by atoms with E-state index in [2.05, 4.69) is 20.5 Å². The molecule has 0 saturated heterocycles. The van der Waals surface area contributed by atoms with E-state index in [0.29, 0.717) is 33.4 Å². The van der Waals surface area contributed by atoms with Gasteiger partial charge in [0, 0.05) is 10.6 Å². The van der Waals surface area contributed by atoms with Crippen LogP contribution in [-0.2, 0) is 11.3 Å². The van der Waals surface area contributed by atoms with E-state index in [4.69, 9.17) is 23.2 Å². The molecule has 0 aliphatic rings. The van der Waals surface area contributed by atoms with Crippen LogP contribution in [0.5, 0.6) is 0 Å². The van der Waals surface area contributed by atoms with E-state index in [1.807, 2.05) is 13.8 Å². The van der Waals surface area contributed by atoms with E-state index in [1.165, 1.54) is 23.1 Å². The average Bonchev–Trinajstić information content (AvgIpc) is 3.19. The highest BCUT2D eigenvalue weighted by Crippen LogP contribution is 2.24. The largest absolute Gasteiger partial charge is 0.291 e. The predicted molar refractivity (Wildman–Crippen MR) is 105 cm³/mol. The lowest BCUT2D eigenvalue weighted by atomic mass is 10.2.